The Morgan fingerprint density at radius 2 is 1.67 bits per heavy atom. The molecule has 0 aromatic carbocycles. The molecule has 0 aromatic rings. The maximum atomic E-state index is 10.9. The van der Waals surface area contributed by atoms with Crippen molar-refractivity contribution in [1.29, 1.82) is 0 Å². The predicted molar refractivity (Wildman–Crippen MR) is 68.1 cm³/mol. The highest BCUT2D eigenvalue weighted by atomic mass is 17.2. The van der Waals surface area contributed by atoms with Gasteiger partial charge in [-0.3, -0.25) is 0 Å². The summed E-state index contributed by atoms with van der Waals surface area (Å²) in [5, 5.41) is 18.7. The van der Waals surface area contributed by atoms with Crippen LogP contribution in [0.1, 0.15) is 60.3 Å². The van der Waals surface area contributed by atoms with Crippen molar-refractivity contribution < 1.29 is 24.8 Å². The number of rotatable bonds is 9. The summed E-state index contributed by atoms with van der Waals surface area (Å²) in [5.41, 5.74) is -2.03. The SMILES string of the molecule is CCC(O)CC(CC)(CC)OOC(C)(C)C(=O)O. The molecular formula is C13H26O5. The zero-order chi connectivity index (χ0) is 14.4. The molecule has 5 heteroatoms. The summed E-state index contributed by atoms with van der Waals surface area (Å²) in [6.07, 6.45) is 1.90. The molecule has 0 spiro atoms. The zero-order valence-electron chi connectivity index (χ0n) is 12.0. The van der Waals surface area contributed by atoms with Gasteiger partial charge in [0.05, 0.1) is 6.10 Å². The monoisotopic (exact) mass is 262 g/mol. The minimum Gasteiger partial charge on any atom is -0.479 e. The van der Waals surface area contributed by atoms with Crippen molar-refractivity contribution in [2.45, 2.75) is 77.6 Å². The van der Waals surface area contributed by atoms with Crippen molar-refractivity contribution >= 4 is 5.97 Å². The second-order valence-electron chi connectivity index (χ2n) is 5.14. The van der Waals surface area contributed by atoms with Crippen LogP contribution in [-0.4, -0.2) is 33.5 Å². The molecule has 0 rings (SSSR count). The van der Waals surface area contributed by atoms with Crippen LogP contribution in [-0.2, 0) is 14.6 Å². The summed E-state index contributed by atoms with van der Waals surface area (Å²) in [6.45, 7) is 8.62. The van der Waals surface area contributed by atoms with Crippen LogP contribution in [0.3, 0.4) is 0 Å². The van der Waals surface area contributed by atoms with Crippen molar-refractivity contribution in [3.8, 4) is 0 Å². The predicted octanol–water partition coefficient (Wildman–Crippen LogP) is 2.52. The van der Waals surface area contributed by atoms with E-state index in [4.69, 9.17) is 14.9 Å². The highest BCUT2D eigenvalue weighted by Gasteiger charge is 2.37. The van der Waals surface area contributed by atoms with Crippen LogP contribution >= 0.6 is 0 Å². The Morgan fingerprint density at radius 1 is 1.17 bits per heavy atom. The summed E-state index contributed by atoms with van der Waals surface area (Å²) in [4.78, 5) is 21.4. The third-order valence-electron chi connectivity index (χ3n) is 3.31. The van der Waals surface area contributed by atoms with Gasteiger partial charge in [0, 0.05) is 6.42 Å². The summed E-state index contributed by atoms with van der Waals surface area (Å²) in [6, 6.07) is 0. The van der Waals surface area contributed by atoms with Crippen LogP contribution in [0.5, 0.6) is 0 Å². The first-order valence-electron chi connectivity index (χ1n) is 6.51. The highest BCUT2D eigenvalue weighted by Crippen LogP contribution is 2.29. The topological polar surface area (TPSA) is 76.0 Å². The van der Waals surface area contributed by atoms with E-state index in [2.05, 4.69) is 0 Å². The van der Waals surface area contributed by atoms with Gasteiger partial charge in [0.15, 0.2) is 5.60 Å². The van der Waals surface area contributed by atoms with E-state index in [1.807, 2.05) is 20.8 Å². The fraction of sp³-hybridized carbons (Fsp3) is 0.923. The molecule has 5 nitrogen and oxygen atoms in total. The van der Waals surface area contributed by atoms with Crippen molar-refractivity contribution in [2.24, 2.45) is 0 Å². The van der Waals surface area contributed by atoms with Gasteiger partial charge in [-0.05, 0) is 33.1 Å². The van der Waals surface area contributed by atoms with E-state index in [-0.39, 0.29) is 0 Å². The number of hydrogen-bond donors (Lipinski definition) is 2. The Morgan fingerprint density at radius 3 is 2.00 bits per heavy atom. The van der Waals surface area contributed by atoms with Crippen LogP contribution in [0.25, 0.3) is 0 Å². The number of aliphatic hydroxyl groups is 1. The van der Waals surface area contributed by atoms with Gasteiger partial charge in [-0.2, -0.15) is 0 Å². The second kappa shape index (κ2) is 7.07. The third kappa shape index (κ3) is 4.92. The normalized spacial score (nSPS) is 14.6. The molecule has 0 aromatic heterocycles. The average Bonchev–Trinajstić information content (AvgIpc) is 2.34. The van der Waals surface area contributed by atoms with Gasteiger partial charge in [-0.1, -0.05) is 20.8 Å². The number of carboxylic acid groups (broad SMARTS) is 1. The lowest BCUT2D eigenvalue weighted by atomic mass is 9.90. The molecule has 1 unspecified atom stereocenters. The molecule has 0 amide bonds. The van der Waals surface area contributed by atoms with Gasteiger partial charge in [-0.15, -0.1) is 0 Å². The van der Waals surface area contributed by atoms with Gasteiger partial charge in [-0.25, -0.2) is 14.6 Å². The summed E-state index contributed by atoms with van der Waals surface area (Å²) in [5.74, 6) is -1.08. The Kier molecular flexibility index (Phi) is 6.81. The van der Waals surface area contributed by atoms with Crippen LogP contribution in [0.15, 0.2) is 0 Å². The molecule has 0 heterocycles. The lowest BCUT2D eigenvalue weighted by molar-refractivity contribution is -0.405. The van der Waals surface area contributed by atoms with Crippen molar-refractivity contribution in [1.82, 2.24) is 0 Å². The second-order valence-corrected chi connectivity index (χ2v) is 5.14. The van der Waals surface area contributed by atoms with Crippen molar-refractivity contribution in [3.05, 3.63) is 0 Å². The van der Waals surface area contributed by atoms with E-state index >= 15 is 0 Å². The van der Waals surface area contributed by atoms with E-state index < -0.39 is 23.3 Å². The molecule has 0 bridgehead atoms. The van der Waals surface area contributed by atoms with Crippen LogP contribution < -0.4 is 0 Å². The van der Waals surface area contributed by atoms with Gasteiger partial charge in [0.25, 0.3) is 0 Å². The number of carboxylic acids is 1. The van der Waals surface area contributed by atoms with E-state index in [9.17, 15) is 9.90 Å². The molecule has 2 N–H and O–H groups in total. The Balaban J connectivity index is 4.66. The first-order chi connectivity index (χ1) is 8.23. The highest BCUT2D eigenvalue weighted by molar-refractivity contribution is 5.76. The zero-order valence-corrected chi connectivity index (χ0v) is 12.0. The summed E-state index contributed by atoms with van der Waals surface area (Å²) >= 11 is 0. The smallest absolute Gasteiger partial charge is 0.338 e. The lowest BCUT2D eigenvalue weighted by Crippen LogP contribution is -2.42. The number of aliphatic hydroxyl groups excluding tert-OH is 1. The molecule has 0 saturated carbocycles. The molecular weight excluding hydrogens is 236 g/mol. The average molecular weight is 262 g/mol. The first kappa shape index (κ1) is 17.4. The van der Waals surface area contributed by atoms with E-state index in [0.717, 1.165) is 0 Å². The molecule has 0 radical (unpaired) electrons. The maximum Gasteiger partial charge on any atom is 0.338 e. The van der Waals surface area contributed by atoms with Crippen LogP contribution in [0.4, 0.5) is 0 Å². The van der Waals surface area contributed by atoms with Crippen molar-refractivity contribution in [3.63, 3.8) is 0 Å². The molecule has 108 valence electrons. The minimum atomic E-state index is -1.40. The Bertz CT molecular complexity index is 258. The van der Waals surface area contributed by atoms with Gasteiger partial charge in [0.2, 0.25) is 0 Å². The maximum absolute atomic E-state index is 10.9. The molecule has 1 atom stereocenters. The standard InChI is InChI=1S/C13H26O5/c1-6-10(14)9-13(7-2,8-3)18-17-12(4,5)11(15)16/h10,14H,6-9H2,1-5H3,(H,15,16). The fourth-order valence-electron chi connectivity index (χ4n) is 1.49. The van der Waals surface area contributed by atoms with Gasteiger partial charge < -0.3 is 10.2 Å². The van der Waals surface area contributed by atoms with E-state index in [0.29, 0.717) is 25.7 Å². The number of aliphatic carboxylic acids is 1. The Hall–Kier alpha value is -0.650. The summed E-state index contributed by atoms with van der Waals surface area (Å²) < 4.78 is 0. The largest absolute Gasteiger partial charge is 0.479 e. The first-order valence-corrected chi connectivity index (χ1v) is 6.51. The molecule has 0 fully saturated rings. The molecule has 0 saturated heterocycles. The summed E-state index contributed by atoms with van der Waals surface area (Å²) in [7, 11) is 0. The van der Waals surface area contributed by atoms with Crippen LogP contribution in [0, 0.1) is 0 Å². The van der Waals surface area contributed by atoms with Gasteiger partial charge in [0.1, 0.15) is 5.60 Å². The number of carbonyl (C=O) groups is 1. The fourth-order valence-corrected chi connectivity index (χ4v) is 1.49. The molecule has 0 aliphatic rings. The Labute approximate surface area is 109 Å². The quantitative estimate of drug-likeness (QED) is 0.493. The molecule has 18 heavy (non-hydrogen) atoms. The molecule has 0 aliphatic carbocycles. The van der Waals surface area contributed by atoms with E-state index in [1.165, 1.54) is 13.8 Å². The van der Waals surface area contributed by atoms with Crippen LogP contribution in [0.2, 0.25) is 0 Å². The third-order valence-corrected chi connectivity index (χ3v) is 3.31. The minimum absolute atomic E-state index is 0.437. The van der Waals surface area contributed by atoms with E-state index in [1.54, 1.807) is 0 Å². The lowest BCUT2D eigenvalue weighted by Gasteiger charge is -2.34. The number of hydrogen-bond acceptors (Lipinski definition) is 4. The van der Waals surface area contributed by atoms with Gasteiger partial charge >= 0.3 is 5.97 Å². The molecule has 0 aliphatic heterocycles. The van der Waals surface area contributed by atoms with Crippen molar-refractivity contribution in [2.75, 3.05) is 0 Å².